The Hall–Kier alpha value is 2.79. The van der Waals surface area contributed by atoms with E-state index in [4.69, 9.17) is 5.11 Å². The van der Waals surface area contributed by atoms with Crippen LogP contribution in [0.4, 0.5) is 0 Å². The number of aliphatic carboxylic acids is 4. The van der Waals surface area contributed by atoms with Gasteiger partial charge in [-0.1, -0.05) is 0 Å². The van der Waals surface area contributed by atoms with Gasteiger partial charge in [0.15, 0.2) is 0 Å². The first-order chi connectivity index (χ1) is 7.77. The molecule has 0 spiro atoms. The van der Waals surface area contributed by atoms with Crippen LogP contribution in [0.3, 0.4) is 0 Å². The number of rotatable bonds is 4. The Bertz CT molecular complexity index is 363. The Labute approximate surface area is 241 Å². The smallest absolute Gasteiger partial charge is 0.550 e. The first-order valence-corrected chi connectivity index (χ1v) is 4.62. The molecule has 1 rings (SSSR count). The molecule has 1 N–H and O–H groups in total. The molecule has 1 aliphatic carbocycles. The quantitative estimate of drug-likeness (QED) is 0.484. The Morgan fingerprint density at radius 2 is 1.10 bits per heavy atom. The molecule has 1 aliphatic rings. The van der Waals surface area contributed by atoms with Gasteiger partial charge in [0, 0.05) is 35.7 Å². The van der Waals surface area contributed by atoms with Gasteiger partial charge in [0.25, 0.3) is 0 Å². The first-order valence-electron chi connectivity index (χ1n) is 4.62. The minimum absolute atomic E-state index is 0. The van der Waals surface area contributed by atoms with Crippen LogP contribution < -0.4 is 169 Å². The Kier molecular flexibility index (Phi) is 16.8. The monoisotopic (exact) mass is 360 g/mol. The Morgan fingerprint density at radius 3 is 1.35 bits per heavy atom. The van der Waals surface area contributed by atoms with Crippen molar-refractivity contribution >= 4 is 23.9 Å². The fraction of sp³-hybridized carbons (Fsp3) is 0.556. The molecule has 0 heterocycles. The van der Waals surface area contributed by atoms with Crippen molar-refractivity contribution in [1.29, 1.82) is 0 Å². The van der Waals surface area contributed by atoms with Gasteiger partial charge in [-0.2, -0.15) is 0 Å². The van der Waals surface area contributed by atoms with E-state index in [9.17, 15) is 34.5 Å². The minimum Gasteiger partial charge on any atom is -0.550 e. The van der Waals surface area contributed by atoms with E-state index >= 15 is 0 Å². The summed E-state index contributed by atoms with van der Waals surface area (Å²) in [6, 6.07) is 0. The molecule has 0 radical (unpaired) electrons. The third-order valence-electron chi connectivity index (χ3n) is 2.93. The topological polar surface area (TPSA) is 158 Å². The summed E-state index contributed by atoms with van der Waals surface area (Å²) in [6.45, 7) is 0. The van der Waals surface area contributed by atoms with E-state index < -0.39 is 54.0 Å². The maximum absolute atomic E-state index is 10.7. The van der Waals surface area contributed by atoms with Crippen molar-refractivity contribution in [2.75, 3.05) is 0 Å². The van der Waals surface area contributed by atoms with E-state index in [0.717, 1.165) is 0 Å². The predicted octanol–water partition coefficient (Wildman–Crippen LogP) is -13.8. The van der Waals surface area contributed by atoms with E-state index in [1.165, 1.54) is 0 Å². The standard InChI is InChI=1S/C9H10O8.3K/c10-6(11)2-1-3(7(12)13)5(9(16)17)4(2)8(14)15;;;/h2-5H,1H2,(H,10,11)(H,12,13)(H,14,15)(H,16,17);;;/q;3*+1/p-3. The zero-order chi connectivity index (χ0) is 13.3. The van der Waals surface area contributed by atoms with Crippen molar-refractivity contribution in [2.45, 2.75) is 6.42 Å². The molecule has 20 heavy (non-hydrogen) atoms. The van der Waals surface area contributed by atoms with Gasteiger partial charge >= 0.3 is 160 Å². The largest absolute Gasteiger partial charge is 1.00 e. The molecular weight excluding hydrogens is 353 g/mol. The molecule has 0 amide bonds. The summed E-state index contributed by atoms with van der Waals surface area (Å²) in [4.78, 5) is 42.8. The third kappa shape index (κ3) is 6.73. The van der Waals surface area contributed by atoms with Gasteiger partial charge in [-0.05, 0) is 6.42 Å². The second kappa shape index (κ2) is 12.2. The second-order valence-corrected chi connectivity index (χ2v) is 3.80. The molecule has 0 saturated heterocycles. The average molecular weight is 360 g/mol. The number of carbonyl (C=O) groups excluding carboxylic acids is 3. The van der Waals surface area contributed by atoms with Crippen LogP contribution in [0.2, 0.25) is 0 Å². The van der Waals surface area contributed by atoms with Crippen LogP contribution in [0.15, 0.2) is 0 Å². The van der Waals surface area contributed by atoms with Crippen molar-refractivity contribution in [3.8, 4) is 0 Å². The number of carbonyl (C=O) groups is 4. The van der Waals surface area contributed by atoms with Crippen LogP contribution in [0.25, 0.3) is 0 Å². The van der Waals surface area contributed by atoms with Crippen LogP contribution in [-0.4, -0.2) is 29.0 Å². The van der Waals surface area contributed by atoms with Crippen molar-refractivity contribution in [3.63, 3.8) is 0 Å². The van der Waals surface area contributed by atoms with Crippen molar-refractivity contribution in [3.05, 3.63) is 0 Å². The Morgan fingerprint density at radius 1 is 0.750 bits per heavy atom. The van der Waals surface area contributed by atoms with E-state index in [-0.39, 0.29) is 154 Å². The number of carboxylic acid groups (broad SMARTS) is 4. The van der Waals surface area contributed by atoms with E-state index in [0.29, 0.717) is 0 Å². The third-order valence-corrected chi connectivity index (χ3v) is 2.93. The summed E-state index contributed by atoms with van der Waals surface area (Å²) >= 11 is 0. The zero-order valence-corrected chi connectivity index (χ0v) is 20.7. The fourth-order valence-corrected chi connectivity index (χ4v) is 2.19. The molecule has 4 unspecified atom stereocenters. The van der Waals surface area contributed by atoms with Gasteiger partial charge in [0.1, 0.15) is 0 Å². The molecule has 8 nitrogen and oxygen atoms in total. The van der Waals surface area contributed by atoms with Crippen LogP contribution in [-0.2, 0) is 19.2 Å². The normalized spacial score (nSPS) is 27.2. The Balaban J connectivity index is -0.000000963. The summed E-state index contributed by atoms with van der Waals surface area (Å²) in [5.74, 6) is -14.5. The number of hydrogen-bond donors (Lipinski definition) is 1. The molecule has 11 heteroatoms. The van der Waals surface area contributed by atoms with Gasteiger partial charge in [-0.3, -0.25) is 4.79 Å². The van der Waals surface area contributed by atoms with Crippen LogP contribution in [0.5, 0.6) is 0 Å². The molecule has 1 saturated carbocycles. The number of carboxylic acids is 4. The molecule has 0 bridgehead atoms. The van der Waals surface area contributed by atoms with Crippen LogP contribution >= 0.6 is 0 Å². The maximum Gasteiger partial charge on any atom is 1.00 e. The minimum atomic E-state index is -1.95. The van der Waals surface area contributed by atoms with Gasteiger partial charge < -0.3 is 34.8 Å². The molecular formula is C9H7K3O8. The van der Waals surface area contributed by atoms with Gasteiger partial charge in [0.2, 0.25) is 0 Å². The fourth-order valence-electron chi connectivity index (χ4n) is 2.19. The summed E-state index contributed by atoms with van der Waals surface area (Å²) in [5.41, 5.74) is 0. The zero-order valence-electron chi connectivity index (χ0n) is 11.3. The van der Waals surface area contributed by atoms with Crippen molar-refractivity contribution in [1.82, 2.24) is 0 Å². The second-order valence-electron chi connectivity index (χ2n) is 3.80. The van der Waals surface area contributed by atoms with Crippen LogP contribution in [0.1, 0.15) is 6.42 Å². The van der Waals surface area contributed by atoms with E-state index in [1.54, 1.807) is 0 Å². The van der Waals surface area contributed by atoms with E-state index in [1.807, 2.05) is 0 Å². The summed E-state index contributed by atoms with van der Waals surface area (Å²) in [5, 5.41) is 40.8. The van der Waals surface area contributed by atoms with Crippen molar-refractivity contribution in [2.24, 2.45) is 23.7 Å². The molecule has 4 atom stereocenters. The summed E-state index contributed by atoms with van der Waals surface area (Å²) in [7, 11) is 0. The molecule has 1 fully saturated rings. The molecule has 94 valence electrons. The molecule has 0 aromatic rings. The van der Waals surface area contributed by atoms with Crippen molar-refractivity contribution < 1.29 is 194 Å². The predicted molar refractivity (Wildman–Crippen MR) is 41.2 cm³/mol. The van der Waals surface area contributed by atoms with Gasteiger partial charge in [0.05, 0.1) is 5.92 Å². The summed E-state index contributed by atoms with van der Waals surface area (Å²) in [6.07, 6.45) is -0.630. The van der Waals surface area contributed by atoms with Gasteiger partial charge in [-0.25, -0.2) is 0 Å². The molecule has 0 aliphatic heterocycles. The number of hydrogen-bond acceptors (Lipinski definition) is 7. The van der Waals surface area contributed by atoms with Gasteiger partial charge in [-0.15, -0.1) is 0 Å². The summed E-state index contributed by atoms with van der Waals surface area (Å²) < 4.78 is 0. The maximum atomic E-state index is 10.7. The van der Waals surface area contributed by atoms with E-state index in [2.05, 4.69) is 0 Å². The van der Waals surface area contributed by atoms with Crippen LogP contribution in [0, 0.1) is 23.7 Å². The molecule has 0 aromatic heterocycles. The molecule has 0 aromatic carbocycles. The average Bonchev–Trinajstić information content (AvgIpc) is 2.56. The SMILES string of the molecule is O=C([O-])C1CC(C(=O)O)C(C(=O)[O-])C1C(=O)[O-].[K+].[K+].[K+]. The first kappa shape index (κ1) is 27.6.